The highest BCUT2D eigenvalue weighted by Gasteiger charge is 2.25. The van der Waals surface area contributed by atoms with Crippen molar-refractivity contribution in [2.75, 3.05) is 24.6 Å². The van der Waals surface area contributed by atoms with Crippen LogP contribution in [0.15, 0.2) is 60.7 Å². The third-order valence-electron chi connectivity index (χ3n) is 4.21. The van der Waals surface area contributed by atoms with Crippen molar-refractivity contribution in [3.05, 3.63) is 71.8 Å². The summed E-state index contributed by atoms with van der Waals surface area (Å²) in [7, 11) is 0. The Kier molecular flexibility index (Phi) is 3.81. The van der Waals surface area contributed by atoms with E-state index in [2.05, 4.69) is 59.5 Å². The maximum atomic E-state index is 6.23. The second-order valence-corrected chi connectivity index (χ2v) is 6.82. The Morgan fingerprint density at radius 2 is 1.64 bits per heavy atom. The molecule has 0 aromatic heterocycles. The van der Waals surface area contributed by atoms with E-state index in [0.717, 1.165) is 18.8 Å². The minimum Gasteiger partial charge on any atom is -0.481 e. The monoisotopic (exact) mass is 309 g/mol. The molecular weight excluding hydrogens is 290 g/mol. The van der Waals surface area contributed by atoms with Crippen molar-refractivity contribution in [3.8, 4) is 5.75 Å². The molecule has 1 atom stereocenters. The Bertz CT molecular complexity index is 677. The van der Waals surface area contributed by atoms with E-state index < -0.39 is 0 Å². The molecule has 0 aliphatic carbocycles. The van der Waals surface area contributed by atoms with Crippen LogP contribution in [0.4, 0.5) is 0 Å². The van der Waals surface area contributed by atoms with Crippen LogP contribution in [-0.4, -0.2) is 29.5 Å². The number of benzene rings is 2. The van der Waals surface area contributed by atoms with E-state index in [1.807, 2.05) is 17.8 Å². The van der Waals surface area contributed by atoms with E-state index in [-0.39, 0.29) is 6.10 Å². The van der Waals surface area contributed by atoms with Crippen LogP contribution in [0.3, 0.4) is 0 Å². The average Bonchev–Trinajstić information content (AvgIpc) is 2.62. The Hall–Kier alpha value is -1.87. The average molecular weight is 309 g/mol. The number of hydrogen-bond acceptors (Lipinski definition) is 3. The molecule has 0 radical (unpaired) electrons. The molecule has 112 valence electrons. The van der Waals surface area contributed by atoms with Gasteiger partial charge in [-0.15, -0.1) is 0 Å². The highest BCUT2D eigenvalue weighted by molar-refractivity contribution is 7.99. The van der Waals surface area contributed by atoms with Gasteiger partial charge in [-0.1, -0.05) is 42.5 Å². The number of thioether (sulfide) groups is 1. The largest absolute Gasteiger partial charge is 0.481 e. The minimum absolute atomic E-state index is 0.000629. The molecular formula is C19H19NOS. The van der Waals surface area contributed by atoms with Crippen molar-refractivity contribution in [2.24, 2.45) is 0 Å². The van der Waals surface area contributed by atoms with Gasteiger partial charge in [0.25, 0.3) is 0 Å². The lowest BCUT2D eigenvalue weighted by Gasteiger charge is -2.35. The molecule has 2 aromatic carbocycles. The summed E-state index contributed by atoms with van der Waals surface area (Å²) in [6, 6.07) is 18.9. The first-order valence-corrected chi connectivity index (χ1v) is 8.93. The van der Waals surface area contributed by atoms with Gasteiger partial charge in [-0.2, -0.15) is 11.8 Å². The molecule has 1 unspecified atom stereocenters. The van der Waals surface area contributed by atoms with Crippen LogP contribution in [0.1, 0.15) is 17.2 Å². The van der Waals surface area contributed by atoms with Gasteiger partial charge < -0.3 is 9.64 Å². The highest BCUT2D eigenvalue weighted by Crippen LogP contribution is 2.39. The molecule has 0 amide bonds. The summed E-state index contributed by atoms with van der Waals surface area (Å²) in [4.78, 5) is 2.51. The van der Waals surface area contributed by atoms with Crippen LogP contribution in [0, 0.1) is 0 Å². The van der Waals surface area contributed by atoms with Crippen LogP contribution in [0.25, 0.3) is 5.70 Å². The first-order valence-electron chi connectivity index (χ1n) is 7.77. The summed E-state index contributed by atoms with van der Waals surface area (Å²) in [6.45, 7) is 2.23. The third kappa shape index (κ3) is 2.61. The van der Waals surface area contributed by atoms with Gasteiger partial charge in [0.2, 0.25) is 0 Å². The molecule has 0 spiro atoms. The summed E-state index contributed by atoms with van der Waals surface area (Å²) >= 11 is 2.04. The molecule has 4 rings (SSSR count). The van der Waals surface area contributed by atoms with E-state index in [9.17, 15) is 0 Å². The van der Waals surface area contributed by atoms with E-state index in [4.69, 9.17) is 4.74 Å². The molecule has 2 heterocycles. The van der Waals surface area contributed by atoms with Gasteiger partial charge in [-0.05, 0) is 23.8 Å². The summed E-state index contributed by atoms with van der Waals surface area (Å²) in [5.41, 5.74) is 3.76. The predicted octanol–water partition coefficient (Wildman–Crippen LogP) is 4.21. The molecule has 1 saturated heterocycles. The van der Waals surface area contributed by atoms with Gasteiger partial charge in [-0.3, -0.25) is 0 Å². The number of nitrogens with zero attached hydrogens (tertiary/aromatic N) is 1. The third-order valence-corrected chi connectivity index (χ3v) is 5.15. The maximum Gasteiger partial charge on any atom is 0.144 e. The molecule has 3 heteroatoms. The van der Waals surface area contributed by atoms with Crippen molar-refractivity contribution in [1.29, 1.82) is 0 Å². The fourth-order valence-corrected chi connectivity index (χ4v) is 3.98. The molecule has 0 saturated carbocycles. The number of hydrogen-bond donors (Lipinski definition) is 0. The Labute approximate surface area is 135 Å². The SMILES string of the molecule is C1=C(N2CCSCC2)c2ccccc2OC1c1ccccc1. The molecule has 0 bridgehead atoms. The van der Waals surface area contributed by atoms with Crippen LogP contribution in [0.5, 0.6) is 5.75 Å². The van der Waals surface area contributed by atoms with Gasteiger partial charge in [0.15, 0.2) is 0 Å². The van der Waals surface area contributed by atoms with Crippen molar-refractivity contribution in [1.82, 2.24) is 4.90 Å². The topological polar surface area (TPSA) is 12.5 Å². The van der Waals surface area contributed by atoms with Gasteiger partial charge >= 0.3 is 0 Å². The fraction of sp³-hybridized carbons (Fsp3) is 0.263. The fourth-order valence-electron chi connectivity index (χ4n) is 3.07. The Balaban J connectivity index is 1.75. The number of ether oxygens (including phenoxy) is 1. The number of para-hydroxylation sites is 1. The zero-order valence-electron chi connectivity index (χ0n) is 12.4. The molecule has 22 heavy (non-hydrogen) atoms. The molecule has 2 aromatic rings. The summed E-state index contributed by atoms with van der Waals surface area (Å²) in [5, 5.41) is 0. The van der Waals surface area contributed by atoms with Crippen LogP contribution in [-0.2, 0) is 0 Å². The molecule has 2 nitrogen and oxygen atoms in total. The van der Waals surface area contributed by atoms with Crippen molar-refractivity contribution in [2.45, 2.75) is 6.10 Å². The minimum atomic E-state index is 0.000629. The van der Waals surface area contributed by atoms with Gasteiger partial charge in [-0.25, -0.2) is 0 Å². The lowest BCUT2D eigenvalue weighted by Crippen LogP contribution is -2.32. The van der Waals surface area contributed by atoms with E-state index in [1.54, 1.807) is 0 Å². The van der Waals surface area contributed by atoms with Gasteiger partial charge in [0.05, 0.1) is 0 Å². The van der Waals surface area contributed by atoms with Crippen LogP contribution in [0.2, 0.25) is 0 Å². The Morgan fingerprint density at radius 1 is 0.909 bits per heavy atom. The summed E-state index contributed by atoms with van der Waals surface area (Å²) in [6.07, 6.45) is 2.29. The van der Waals surface area contributed by atoms with E-state index in [0.29, 0.717) is 0 Å². The van der Waals surface area contributed by atoms with Crippen molar-refractivity contribution >= 4 is 17.5 Å². The van der Waals surface area contributed by atoms with Gasteiger partial charge in [0.1, 0.15) is 11.9 Å². The predicted molar refractivity (Wildman–Crippen MR) is 93.1 cm³/mol. The normalized spacial score (nSPS) is 20.8. The lowest BCUT2D eigenvalue weighted by molar-refractivity contribution is 0.245. The van der Waals surface area contributed by atoms with E-state index >= 15 is 0 Å². The zero-order chi connectivity index (χ0) is 14.8. The Morgan fingerprint density at radius 3 is 2.45 bits per heavy atom. The first-order chi connectivity index (χ1) is 10.9. The smallest absolute Gasteiger partial charge is 0.144 e. The number of rotatable bonds is 2. The second kappa shape index (κ2) is 6.09. The molecule has 0 N–H and O–H groups in total. The van der Waals surface area contributed by atoms with Crippen molar-refractivity contribution in [3.63, 3.8) is 0 Å². The van der Waals surface area contributed by atoms with Crippen LogP contribution < -0.4 is 4.74 Å². The highest BCUT2D eigenvalue weighted by atomic mass is 32.2. The first kappa shape index (κ1) is 13.8. The molecule has 2 aliphatic heterocycles. The quantitative estimate of drug-likeness (QED) is 0.824. The van der Waals surface area contributed by atoms with Crippen LogP contribution >= 0.6 is 11.8 Å². The zero-order valence-corrected chi connectivity index (χ0v) is 13.3. The molecule has 2 aliphatic rings. The second-order valence-electron chi connectivity index (χ2n) is 5.60. The van der Waals surface area contributed by atoms with Gasteiger partial charge in [0, 0.05) is 35.9 Å². The van der Waals surface area contributed by atoms with E-state index in [1.165, 1.54) is 28.3 Å². The summed E-state index contributed by atoms with van der Waals surface area (Å²) in [5.74, 6) is 3.40. The standard InChI is InChI=1S/C19H19NOS/c1-2-6-15(7-3-1)19-14-17(20-10-12-22-13-11-20)16-8-4-5-9-18(16)21-19/h1-9,14,19H,10-13H2. The number of fused-ring (bicyclic) bond motifs is 1. The van der Waals surface area contributed by atoms with Crippen molar-refractivity contribution < 1.29 is 4.74 Å². The maximum absolute atomic E-state index is 6.23. The summed E-state index contributed by atoms with van der Waals surface area (Å²) < 4.78 is 6.23. The molecule has 1 fully saturated rings. The lowest BCUT2D eigenvalue weighted by atomic mass is 10.0.